The highest BCUT2D eigenvalue weighted by Crippen LogP contribution is 2.22. The third kappa shape index (κ3) is 4.52. The topological polar surface area (TPSA) is 80.4 Å². The fraction of sp³-hybridized carbons (Fsp3) is 0.389. The zero-order valence-corrected chi connectivity index (χ0v) is 13.6. The van der Waals surface area contributed by atoms with Gasteiger partial charge in [-0.05, 0) is 12.3 Å². The van der Waals surface area contributed by atoms with Crippen LogP contribution in [-0.2, 0) is 4.79 Å². The Bertz CT molecular complexity index is 685. The van der Waals surface area contributed by atoms with Crippen LogP contribution in [0.2, 0.25) is 0 Å². The Morgan fingerprint density at radius 2 is 1.87 bits per heavy atom. The number of carbonyl (C=O) groups excluding carboxylic acids is 1. The minimum absolute atomic E-state index is 0.0237. The Kier molecular flexibility index (Phi) is 5.32. The lowest BCUT2D eigenvalue weighted by atomic mass is 9.90. The molecule has 23 heavy (non-hydrogen) atoms. The third-order valence-electron chi connectivity index (χ3n) is 3.66. The Morgan fingerprint density at radius 3 is 2.35 bits per heavy atom. The number of rotatable bonds is 7. The third-order valence-corrected chi connectivity index (χ3v) is 3.66. The summed E-state index contributed by atoms with van der Waals surface area (Å²) in [7, 11) is 0. The van der Waals surface area contributed by atoms with Crippen LogP contribution in [0.25, 0.3) is 11.3 Å². The molecule has 0 spiro atoms. The second kappa shape index (κ2) is 7.22. The summed E-state index contributed by atoms with van der Waals surface area (Å²) in [5.74, 6) is -0.886. The molecule has 0 radical (unpaired) electrons. The molecule has 0 saturated carbocycles. The second-order valence-electron chi connectivity index (χ2n) is 6.12. The zero-order valence-electron chi connectivity index (χ0n) is 13.6. The summed E-state index contributed by atoms with van der Waals surface area (Å²) in [6, 6.07) is 7.00. The van der Waals surface area contributed by atoms with Gasteiger partial charge in [0.25, 0.3) is 0 Å². The first-order chi connectivity index (χ1) is 10.9. The lowest BCUT2D eigenvalue weighted by molar-refractivity contribution is -0.142. The molecule has 1 aromatic carbocycles. The normalized spacial score (nSPS) is 12.3. The number of hydrogen-bond donors (Lipinski definition) is 1. The van der Waals surface area contributed by atoms with E-state index in [4.69, 9.17) is 4.42 Å². The number of aromatic nitrogens is 1. The lowest BCUT2D eigenvalue weighted by Gasteiger charge is -2.13. The van der Waals surface area contributed by atoms with Crippen molar-refractivity contribution in [3.63, 3.8) is 0 Å². The largest absolute Gasteiger partial charge is 0.481 e. The van der Waals surface area contributed by atoms with Crippen molar-refractivity contribution in [3.8, 4) is 11.3 Å². The number of carboxylic acids is 1. The van der Waals surface area contributed by atoms with Crippen LogP contribution in [0.5, 0.6) is 0 Å². The van der Waals surface area contributed by atoms with E-state index < -0.39 is 11.9 Å². The van der Waals surface area contributed by atoms with Crippen LogP contribution in [0, 0.1) is 18.8 Å². The van der Waals surface area contributed by atoms with E-state index in [1.807, 2.05) is 13.8 Å². The first-order valence-electron chi connectivity index (χ1n) is 7.65. The van der Waals surface area contributed by atoms with Gasteiger partial charge in [0.2, 0.25) is 0 Å². The predicted molar refractivity (Wildman–Crippen MR) is 86.2 cm³/mol. The quantitative estimate of drug-likeness (QED) is 0.782. The lowest BCUT2D eigenvalue weighted by Crippen LogP contribution is -2.20. The number of aryl methyl sites for hydroxylation is 1. The fourth-order valence-electron chi connectivity index (χ4n) is 2.51. The number of hydrogen-bond acceptors (Lipinski definition) is 4. The summed E-state index contributed by atoms with van der Waals surface area (Å²) in [4.78, 5) is 27.8. The molecule has 2 rings (SSSR count). The van der Waals surface area contributed by atoms with Crippen molar-refractivity contribution in [2.75, 3.05) is 0 Å². The highest BCUT2D eigenvalue weighted by atomic mass is 16.4. The molecule has 0 bridgehead atoms. The Hall–Kier alpha value is -2.43. The molecule has 2 aromatic rings. The summed E-state index contributed by atoms with van der Waals surface area (Å²) >= 11 is 0. The highest BCUT2D eigenvalue weighted by molar-refractivity contribution is 5.98. The molecule has 0 saturated heterocycles. The first-order valence-corrected chi connectivity index (χ1v) is 7.65. The number of carboxylic acid groups (broad SMARTS) is 1. The van der Waals surface area contributed by atoms with Crippen molar-refractivity contribution >= 4 is 11.8 Å². The predicted octanol–water partition coefficient (Wildman–Crippen LogP) is 3.97. The Labute approximate surface area is 135 Å². The second-order valence-corrected chi connectivity index (χ2v) is 6.12. The molecule has 0 aliphatic heterocycles. The molecule has 122 valence electrons. The van der Waals surface area contributed by atoms with Crippen molar-refractivity contribution in [2.45, 2.75) is 33.6 Å². The van der Waals surface area contributed by atoms with Crippen LogP contribution >= 0.6 is 0 Å². The maximum absolute atomic E-state index is 12.3. The Balaban J connectivity index is 2.09. The molecule has 0 aliphatic carbocycles. The zero-order chi connectivity index (χ0) is 17.0. The SMILES string of the molecule is Cc1nc(-c2ccc(C(=O)CC(CC(C)C)C(=O)O)cc2)co1. The maximum Gasteiger partial charge on any atom is 0.306 e. The van der Waals surface area contributed by atoms with E-state index >= 15 is 0 Å². The average molecular weight is 315 g/mol. The molecule has 1 N–H and O–H groups in total. The van der Waals surface area contributed by atoms with Crippen molar-refractivity contribution in [1.29, 1.82) is 0 Å². The number of benzene rings is 1. The van der Waals surface area contributed by atoms with Gasteiger partial charge < -0.3 is 9.52 Å². The Morgan fingerprint density at radius 1 is 1.22 bits per heavy atom. The number of carbonyl (C=O) groups is 2. The van der Waals surface area contributed by atoms with Crippen molar-refractivity contribution < 1.29 is 19.1 Å². The monoisotopic (exact) mass is 315 g/mol. The van der Waals surface area contributed by atoms with Gasteiger partial charge in [0, 0.05) is 24.5 Å². The number of Topliss-reactive ketones (excluding diaryl/α,β-unsaturated/α-hetero) is 1. The van der Waals surface area contributed by atoms with Crippen LogP contribution in [0.3, 0.4) is 0 Å². The smallest absolute Gasteiger partial charge is 0.306 e. The standard InChI is InChI=1S/C18H21NO4/c1-11(2)8-15(18(21)22)9-17(20)14-6-4-13(5-7-14)16-10-23-12(3)19-16/h4-7,10-11,15H,8-9H2,1-3H3,(H,21,22). The van der Waals surface area contributed by atoms with Gasteiger partial charge in [-0.3, -0.25) is 9.59 Å². The summed E-state index contributed by atoms with van der Waals surface area (Å²) in [6.07, 6.45) is 2.09. The van der Waals surface area contributed by atoms with Crippen LogP contribution in [0.15, 0.2) is 34.9 Å². The number of ketones is 1. The van der Waals surface area contributed by atoms with E-state index in [1.54, 1.807) is 37.5 Å². The highest BCUT2D eigenvalue weighted by Gasteiger charge is 2.23. The van der Waals surface area contributed by atoms with Crippen LogP contribution < -0.4 is 0 Å². The molecule has 0 fully saturated rings. The molecule has 5 heteroatoms. The van der Waals surface area contributed by atoms with Crippen molar-refractivity contribution in [3.05, 3.63) is 42.0 Å². The van der Waals surface area contributed by atoms with E-state index in [9.17, 15) is 14.7 Å². The van der Waals surface area contributed by atoms with Crippen LogP contribution in [-0.4, -0.2) is 21.8 Å². The van der Waals surface area contributed by atoms with Crippen LogP contribution in [0.1, 0.15) is 42.9 Å². The fourth-order valence-corrected chi connectivity index (χ4v) is 2.51. The molecular formula is C18H21NO4. The minimum Gasteiger partial charge on any atom is -0.481 e. The van der Waals surface area contributed by atoms with Gasteiger partial charge in [0.05, 0.1) is 5.92 Å². The molecule has 1 heterocycles. The maximum atomic E-state index is 12.3. The van der Waals surface area contributed by atoms with Gasteiger partial charge >= 0.3 is 5.97 Å². The number of aliphatic carboxylic acids is 1. The van der Waals surface area contributed by atoms with E-state index in [-0.39, 0.29) is 18.1 Å². The van der Waals surface area contributed by atoms with E-state index in [2.05, 4.69) is 4.98 Å². The molecule has 0 aliphatic rings. The molecule has 5 nitrogen and oxygen atoms in total. The molecule has 1 atom stereocenters. The van der Waals surface area contributed by atoms with Gasteiger partial charge in [0.1, 0.15) is 12.0 Å². The summed E-state index contributed by atoms with van der Waals surface area (Å²) in [5.41, 5.74) is 2.09. The molecule has 0 amide bonds. The summed E-state index contributed by atoms with van der Waals surface area (Å²) in [6.45, 7) is 5.67. The van der Waals surface area contributed by atoms with Gasteiger partial charge in [-0.1, -0.05) is 38.1 Å². The molecule has 1 unspecified atom stereocenters. The average Bonchev–Trinajstić information content (AvgIpc) is 2.92. The number of nitrogens with zero attached hydrogens (tertiary/aromatic N) is 1. The van der Waals surface area contributed by atoms with Gasteiger partial charge in [0.15, 0.2) is 11.7 Å². The van der Waals surface area contributed by atoms with Gasteiger partial charge in [-0.25, -0.2) is 4.98 Å². The van der Waals surface area contributed by atoms with Gasteiger partial charge in [-0.15, -0.1) is 0 Å². The first kappa shape index (κ1) is 16.9. The number of oxazole rings is 1. The van der Waals surface area contributed by atoms with Crippen molar-refractivity contribution in [2.24, 2.45) is 11.8 Å². The van der Waals surface area contributed by atoms with E-state index in [0.717, 1.165) is 5.56 Å². The van der Waals surface area contributed by atoms with E-state index in [1.165, 1.54) is 0 Å². The molecule has 1 aromatic heterocycles. The molecular weight excluding hydrogens is 294 g/mol. The van der Waals surface area contributed by atoms with Gasteiger partial charge in [-0.2, -0.15) is 0 Å². The summed E-state index contributed by atoms with van der Waals surface area (Å²) < 4.78 is 5.17. The summed E-state index contributed by atoms with van der Waals surface area (Å²) in [5, 5.41) is 9.24. The van der Waals surface area contributed by atoms with Crippen molar-refractivity contribution in [1.82, 2.24) is 4.98 Å². The minimum atomic E-state index is -0.915. The van der Waals surface area contributed by atoms with E-state index in [0.29, 0.717) is 23.6 Å². The van der Waals surface area contributed by atoms with Crippen LogP contribution in [0.4, 0.5) is 0 Å².